The summed E-state index contributed by atoms with van der Waals surface area (Å²) in [6, 6.07) is -4.60. The average molecular weight is 280 g/mol. The Balaban J connectivity index is 2.23. The summed E-state index contributed by atoms with van der Waals surface area (Å²) in [5.41, 5.74) is 3.70. The van der Waals surface area contributed by atoms with Gasteiger partial charge in [-0.3, -0.25) is 29.4 Å². The molecule has 0 aliphatic carbocycles. The lowest BCUT2D eigenvalue weighted by molar-refractivity contribution is -0.136. The summed E-state index contributed by atoms with van der Waals surface area (Å²) >= 11 is 0. The first kappa shape index (κ1) is 6.65. The monoisotopic (exact) mass is 280 g/mol. The Bertz CT molecular complexity index is 915. The predicted octanol–water partition coefficient (Wildman–Crippen LogP) is -0.330. The number of nitrogens with two attached hydrogens (primary N) is 1. The number of fused-ring (bicyclic) bond motifs is 1. The van der Waals surface area contributed by atoms with E-state index in [1.807, 2.05) is 0 Å². The second kappa shape index (κ2) is 4.16. The second-order valence-corrected chi connectivity index (χ2v) is 4.01. The Morgan fingerprint density at radius 2 is 2.05 bits per heavy atom. The van der Waals surface area contributed by atoms with E-state index in [0.717, 1.165) is 0 Å². The molecule has 102 valence electrons. The summed E-state index contributed by atoms with van der Waals surface area (Å²) in [5, 5.41) is 1.58. The third-order valence-electron chi connectivity index (χ3n) is 2.84. The van der Waals surface area contributed by atoms with E-state index in [-0.39, 0.29) is 4.90 Å². The van der Waals surface area contributed by atoms with Gasteiger partial charge in [-0.05, 0) is 18.5 Å². The Morgan fingerprint density at radius 3 is 2.80 bits per heavy atom. The maximum absolute atomic E-state index is 12.7. The SMILES string of the molecule is [2H]c1c([2H])c(N)c2c(c1[2H])C(=O)N([C@@H]1C(=O)NC(=O)C([2H])([2H])C1([2H])[2H])C2=O. The molecule has 7 heteroatoms. The van der Waals surface area contributed by atoms with Gasteiger partial charge in [-0.25, -0.2) is 0 Å². The first-order valence-corrected chi connectivity index (χ1v) is 5.39. The minimum absolute atomic E-state index is 0.0809. The Morgan fingerprint density at radius 1 is 1.30 bits per heavy atom. The molecule has 2 aliphatic rings. The molecule has 0 bridgehead atoms. The van der Waals surface area contributed by atoms with Gasteiger partial charge in [-0.1, -0.05) is 6.04 Å². The van der Waals surface area contributed by atoms with Crippen LogP contribution in [0.2, 0.25) is 0 Å². The molecule has 20 heavy (non-hydrogen) atoms. The van der Waals surface area contributed by atoms with Crippen LogP contribution in [0.4, 0.5) is 5.69 Å². The van der Waals surface area contributed by atoms with Crippen molar-refractivity contribution in [3.8, 4) is 0 Å². The highest BCUT2D eigenvalue weighted by Gasteiger charge is 2.45. The Kier molecular flexibility index (Phi) is 1.38. The van der Waals surface area contributed by atoms with Crippen LogP contribution in [0.25, 0.3) is 0 Å². The van der Waals surface area contributed by atoms with Gasteiger partial charge < -0.3 is 5.73 Å². The summed E-state index contributed by atoms with van der Waals surface area (Å²) in [6.45, 7) is 0. The molecule has 0 aromatic heterocycles. The van der Waals surface area contributed by atoms with Crippen LogP contribution in [-0.4, -0.2) is 34.6 Å². The van der Waals surface area contributed by atoms with E-state index in [4.69, 9.17) is 15.3 Å². The quantitative estimate of drug-likeness (QED) is 0.540. The van der Waals surface area contributed by atoms with Crippen molar-refractivity contribution in [2.45, 2.75) is 18.8 Å². The molecule has 1 atom stereocenters. The lowest BCUT2D eigenvalue weighted by atomic mass is 10.0. The Labute approximate surface area is 123 Å². The number of amides is 4. The van der Waals surface area contributed by atoms with Crippen LogP contribution in [0.15, 0.2) is 18.1 Å². The molecule has 4 amide bonds. The molecular formula is C13H11N3O4. The fourth-order valence-electron chi connectivity index (χ4n) is 1.96. The van der Waals surface area contributed by atoms with Gasteiger partial charge in [0.15, 0.2) is 0 Å². The van der Waals surface area contributed by atoms with Gasteiger partial charge in [-0.15, -0.1) is 0 Å². The minimum atomic E-state index is -3.29. The van der Waals surface area contributed by atoms with Crippen molar-refractivity contribution in [2.75, 3.05) is 5.73 Å². The molecular weight excluding hydrogens is 262 g/mol. The molecule has 1 aromatic carbocycles. The zero-order valence-electron chi connectivity index (χ0n) is 16.7. The zero-order chi connectivity index (χ0) is 20.6. The van der Waals surface area contributed by atoms with Crippen molar-refractivity contribution < 1.29 is 28.8 Å². The lowest BCUT2D eigenvalue weighted by Gasteiger charge is -2.27. The number of imide groups is 2. The average Bonchev–Trinajstić information content (AvgIpc) is 2.81. The highest BCUT2D eigenvalue weighted by atomic mass is 16.2. The lowest BCUT2D eigenvalue weighted by Crippen LogP contribution is -2.54. The Hall–Kier alpha value is -2.70. The number of rotatable bonds is 1. The van der Waals surface area contributed by atoms with Crippen LogP contribution in [0.3, 0.4) is 0 Å². The highest BCUT2D eigenvalue weighted by molar-refractivity contribution is 6.25. The zero-order valence-corrected chi connectivity index (χ0v) is 9.73. The minimum Gasteiger partial charge on any atom is -0.398 e. The van der Waals surface area contributed by atoms with Crippen molar-refractivity contribution in [1.29, 1.82) is 0 Å². The first-order chi connectivity index (χ1) is 12.3. The number of nitrogens with one attached hydrogen (secondary N) is 1. The van der Waals surface area contributed by atoms with Crippen molar-refractivity contribution in [1.82, 2.24) is 10.2 Å². The summed E-state index contributed by atoms with van der Waals surface area (Å²) in [4.78, 5) is 49.3. The normalized spacial score (nSPS) is 32.1. The molecule has 0 spiro atoms. The van der Waals surface area contributed by atoms with Crippen LogP contribution < -0.4 is 11.1 Å². The summed E-state index contributed by atoms with van der Waals surface area (Å²) in [5.74, 6) is -5.64. The first-order valence-electron chi connectivity index (χ1n) is 8.89. The molecule has 0 unspecified atom stereocenters. The van der Waals surface area contributed by atoms with Crippen LogP contribution >= 0.6 is 0 Å². The van der Waals surface area contributed by atoms with Gasteiger partial charge in [0.25, 0.3) is 11.8 Å². The summed E-state index contributed by atoms with van der Waals surface area (Å²) in [6.07, 6.45) is -6.54. The van der Waals surface area contributed by atoms with Gasteiger partial charge >= 0.3 is 0 Å². The van der Waals surface area contributed by atoms with Crippen molar-refractivity contribution in [3.63, 3.8) is 0 Å². The van der Waals surface area contributed by atoms with E-state index in [0.29, 0.717) is 0 Å². The number of hydrogen-bond acceptors (Lipinski definition) is 5. The van der Waals surface area contributed by atoms with Gasteiger partial charge in [0.1, 0.15) is 6.04 Å². The van der Waals surface area contributed by atoms with E-state index in [1.165, 1.54) is 0 Å². The van der Waals surface area contributed by atoms with Crippen LogP contribution in [0.1, 0.15) is 43.1 Å². The van der Waals surface area contributed by atoms with Crippen molar-refractivity contribution in [3.05, 3.63) is 29.3 Å². The number of benzene rings is 1. The predicted molar refractivity (Wildman–Crippen MR) is 67.5 cm³/mol. The van der Waals surface area contributed by atoms with Crippen LogP contribution in [0, 0.1) is 0 Å². The molecule has 2 heterocycles. The number of hydrogen-bond donors (Lipinski definition) is 2. The molecule has 1 saturated heterocycles. The van der Waals surface area contributed by atoms with Crippen molar-refractivity contribution in [2.24, 2.45) is 0 Å². The number of carbonyl (C=O) groups is 4. The van der Waals surface area contributed by atoms with Gasteiger partial charge in [-0.2, -0.15) is 0 Å². The fourth-order valence-corrected chi connectivity index (χ4v) is 1.96. The number of piperidine rings is 1. The van der Waals surface area contributed by atoms with E-state index in [9.17, 15) is 19.2 Å². The number of carbonyl (C=O) groups excluding carboxylic acids is 4. The van der Waals surface area contributed by atoms with E-state index in [2.05, 4.69) is 0 Å². The van der Waals surface area contributed by atoms with Crippen molar-refractivity contribution >= 4 is 29.3 Å². The molecule has 1 fully saturated rings. The maximum Gasteiger partial charge on any atom is 0.264 e. The standard InChI is InChI=1S/C13H11N3O4/c14-7-3-1-2-6-10(7)13(20)16(12(6)19)8-4-5-9(17)15-11(8)18/h1-3,8H,4-5,14H2,(H,15,17,18)/t8-/m0/s1/i1D,2D,3D,4D2,5D2. The molecule has 7 nitrogen and oxygen atoms in total. The third-order valence-corrected chi connectivity index (χ3v) is 2.84. The molecule has 3 N–H and O–H groups in total. The molecule has 0 saturated carbocycles. The third kappa shape index (κ3) is 1.59. The maximum atomic E-state index is 12.7. The van der Waals surface area contributed by atoms with Gasteiger partial charge in [0, 0.05) is 17.5 Å². The smallest absolute Gasteiger partial charge is 0.264 e. The van der Waals surface area contributed by atoms with E-state index in [1.54, 1.807) is 5.32 Å². The topological polar surface area (TPSA) is 110 Å². The van der Waals surface area contributed by atoms with Gasteiger partial charge in [0.2, 0.25) is 11.8 Å². The van der Waals surface area contributed by atoms with E-state index >= 15 is 0 Å². The number of nitrogen functional groups attached to an aromatic ring is 1. The van der Waals surface area contributed by atoms with E-state index < -0.39 is 77.4 Å². The second-order valence-electron chi connectivity index (χ2n) is 4.01. The van der Waals surface area contributed by atoms with Gasteiger partial charge in [0.05, 0.1) is 15.2 Å². The largest absolute Gasteiger partial charge is 0.398 e. The van der Waals surface area contributed by atoms with Crippen LogP contribution in [0.5, 0.6) is 0 Å². The number of anilines is 1. The molecule has 1 aromatic rings. The number of nitrogens with zero attached hydrogens (tertiary/aromatic N) is 1. The van der Waals surface area contributed by atoms with Crippen LogP contribution in [-0.2, 0) is 9.59 Å². The summed E-state index contributed by atoms with van der Waals surface area (Å²) < 4.78 is 54.1. The summed E-state index contributed by atoms with van der Waals surface area (Å²) in [7, 11) is 0. The molecule has 2 aliphatic heterocycles. The fraction of sp³-hybridized carbons (Fsp3) is 0.231. The molecule has 0 radical (unpaired) electrons. The molecule has 3 rings (SSSR count). The highest BCUT2D eigenvalue weighted by Crippen LogP contribution is 2.30.